The molecule has 0 radical (unpaired) electrons. The van der Waals surface area contributed by atoms with E-state index in [2.05, 4.69) is 4.40 Å². The molecule has 0 fully saturated rings. The summed E-state index contributed by atoms with van der Waals surface area (Å²) in [4.78, 5) is 0.190. The van der Waals surface area contributed by atoms with Gasteiger partial charge in [0.05, 0.1) is 21.7 Å². The SMILES string of the molecule is COCCn1c(=NS(=O)(=O)c2cccs2)sc2cc(S(N)(=O)=O)ccc21. The highest BCUT2D eigenvalue weighted by molar-refractivity contribution is 7.92. The molecule has 1 aromatic carbocycles. The Kier molecular flexibility index (Phi) is 5.33. The minimum Gasteiger partial charge on any atom is -0.383 e. The van der Waals surface area contributed by atoms with Crippen molar-refractivity contribution >= 4 is 52.9 Å². The number of fused-ring (bicyclic) bond motifs is 1. The summed E-state index contributed by atoms with van der Waals surface area (Å²) in [6.07, 6.45) is 0. The average molecular weight is 434 g/mol. The molecule has 140 valence electrons. The molecule has 2 N–H and O–H groups in total. The van der Waals surface area contributed by atoms with Gasteiger partial charge in [0, 0.05) is 13.7 Å². The number of nitrogens with zero attached hydrogens (tertiary/aromatic N) is 2. The zero-order chi connectivity index (χ0) is 18.9. The van der Waals surface area contributed by atoms with Crippen LogP contribution in [0.1, 0.15) is 0 Å². The molecule has 0 unspecified atom stereocenters. The normalized spacial score (nSPS) is 13.5. The van der Waals surface area contributed by atoms with Crippen LogP contribution in [0.25, 0.3) is 10.2 Å². The molecule has 0 saturated heterocycles. The van der Waals surface area contributed by atoms with E-state index in [4.69, 9.17) is 9.88 Å². The summed E-state index contributed by atoms with van der Waals surface area (Å²) in [6.45, 7) is 0.707. The predicted octanol–water partition coefficient (Wildman–Crippen LogP) is 1.35. The third-order valence-corrected chi connectivity index (χ3v) is 8.16. The molecule has 0 amide bonds. The molecule has 2 aromatic heterocycles. The van der Waals surface area contributed by atoms with Crippen molar-refractivity contribution in [2.24, 2.45) is 9.54 Å². The van der Waals surface area contributed by atoms with E-state index < -0.39 is 20.0 Å². The Hall–Kier alpha value is -1.57. The van der Waals surface area contributed by atoms with Crippen molar-refractivity contribution < 1.29 is 21.6 Å². The molecule has 0 aliphatic rings. The molecule has 3 rings (SSSR count). The average Bonchev–Trinajstić information content (AvgIpc) is 3.19. The second kappa shape index (κ2) is 7.21. The molecule has 0 bridgehead atoms. The van der Waals surface area contributed by atoms with Gasteiger partial charge in [0.15, 0.2) is 0 Å². The molecule has 26 heavy (non-hydrogen) atoms. The lowest BCUT2D eigenvalue weighted by Gasteiger charge is -2.05. The summed E-state index contributed by atoms with van der Waals surface area (Å²) in [5.41, 5.74) is 0.652. The highest BCUT2D eigenvalue weighted by atomic mass is 32.2. The van der Waals surface area contributed by atoms with E-state index in [0.717, 1.165) is 22.7 Å². The molecular weight excluding hydrogens is 418 g/mol. The summed E-state index contributed by atoms with van der Waals surface area (Å²) < 4.78 is 59.5. The fourth-order valence-corrected chi connectivity index (χ4v) is 6.14. The van der Waals surface area contributed by atoms with Gasteiger partial charge in [0.2, 0.25) is 14.8 Å². The van der Waals surface area contributed by atoms with Gasteiger partial charge in [0.25, 0.3) is 10.0 Å². The van der Waals surface area contributed by atoms with E-state index >= 15 is 0 Å². The van der Waals surface area contributed by atoms with Crippen LogP contribution in [0.5, 0.6) is 0 Å². The Bertz CT molecular complexity index is 1210. The number of thiazole rings is 1. The van der Waals surface area contributed by atoms with Gasteiger partial charge < -0.3 is 9.30 Å². The van der Waals surface area contributed by atoms with Crippen LogP contribution in [-0.4, -0.2) is 35.1 Å². The Morgan fingerprint density at radius 1 is 1.23 bits per heavy atom. The minimum absolute atomic E-state index is 0.0437. The van der Waals surface area contributed by atoms with Crippen molar-refractivity contribution in [1.29, 1.82) is 0 Å². The van der Waals surface area contributed by atoms with Gasteiger partial charge in [-0.15, -0.1) is 15.7 Å². The summed E-state index contributed by atoms with van der Waals surface area (Å²) in [7, 11) is -6.18. The number of methoxy groups -OCH3 is 1. The highest BCUT2D eigenvalue weighted by Gasteiger charge is 2.17. The zero-order valence-corrected chi connectivity index (χ0v) is 16.8. The van der Waals surface area contributed by atoms with Gasteiger partial charge in [-0.05, 0) is 29.6 Å². The lowest BCUT2D eigenvalue weighted by molar-refractivity contribution is 0.187. The van der Waals surface area contributed by atoms with E-state index in [-0.39, 0.29) is 13.9 Å². The number of aromatic nitrogens is 1. The van der Waals surface area contributed by atoms with E-state index in [9.17, 15) is 16.8 Å². The van der Waals surface area contributed by atoms with Crippen LogP contribution in [0.3, 0.4) is 0 Å². The van der Waals surface area contributed by atoms with Gasteiger partial charge in [-0.25, -0.2) is 13.6 Å². The number of thiophene rings is 1. The maximum atomic E-state index is 12.5. The van der Waals surface area contributed by atoms with Gasteiger partial charge >= 0.3 is 0 Å². The van der Waals surface area contributed by atoms with Gasteiger partial charge in [-0.2, -0.15) is 8.42 Å². The molecule has 0 spiro atoms. The Balaban J connectivity index is 2.25. The number of rotatable bonds is 6. The van der Waals surface area contributed by atoms with Crippen LogP contribution >= 0.6 is 22.7 Å². The van der Waals surface area contributed by atoms with Crippen LogP contribution in [0, 0.1) is 0 Å². The molecular formula is C14H15N3O5S4. The molecule has 0 atom stereocenters. The maximum Gasteiger partial charge on any atom is 0.294 e. The predicted molar refractivity (Wildman–Crippen MR) is 100 cm³/mol. The highest BCUT2D eigenvalue weighted by Crippen LogP contribution is 2.23. The number of hydrogen-bond acceptors (Lipinski definition) is 7. The van der Waals surface area contributed by atoms with E-state index in [0.29, 0.717) is 23.4 Å². The minimum atomic E-state index is -3.86. The number of nitrogens with two attached hydrogens (primary N) is 1. The molecule has 0 aliphatic carbocycles. The number of sulfonamides is 2. The molecule has 2 heterocycles. The standard InChI is InChI=1S/C14H15N3O5S4/c1-22-7-6-17-11-5-4-10(25(15,18)19)9-12(11)24-14(17)16-26(20,21)13-3-2-8-23-13/h2-5,8-9H,6-7H2,1H3,(H2,15,18,19). The fraction of sp³-hybridized carbons (Fsp3) is 0.214. The number of benzene rings is 1. The van der Waals surface area contributed by atoms with Crippen LogP contribution < -0.4 is 9.94 Å². The lowest BCUT2D eigenvalue weighted by Crippen LogP contribution is -2.19. The summed E-state index contributed by atoms with van der Waals surface area (Å²) >= 11 is 2.15. The maximum absolute atomic E-state index is 12.5. The van der Waals surface area contributed by atoms with E-state index in [1.807, 2.05) is 0 Å². The van der Waals surface area contributed by atoms with Gasteiger partial charge in [-0.1, -0.05) is 17.4 Å². The monoisotopic (exact) mass is 433 g/mol. The molecule has 0 saturated carbocycles. The Morgan fingerprint density at radius 2 is 2.00 bits per heavy atom. The van der Waals surface area contributed by atoms with Crippen molar-refractivity contribution in [3.05, 3.63) is 40.5 Å². The van der Waals surface area contributed by atoms with Crippen LogP contribution in [0.4, 0.5) is 0 Å². The molecule has 12 heteroatoms. The van der Waals surface area contributed by atoms with Crippen molar-refractivity contribution in [2.75, 3.05) is 13.7 Å². The van der Waals surface area contributed by atoms with Crippen molar-refractivity contribution in [1.82, 2.24) is 4.57 Å². The summed E-state index contributed by atoms with van der Waals surface area (Å²) in [5, 5.41) is 6.83. The Morgan fingerprint density at radius 3 is 2.62 bits per heavy atom. The molecule has 8 nitrogen and oxygen atoms in total. The van der Waals surface area contributed by atoms with E-state index in [1.54, 1.807) is 22.1 Å². The third-order valence-electron chi connectivity index (χ3n) is 3.45. The Labute approximate surface area is 158 Å². The van der Waals surface area contributed by atoms with Crippen molar-refractivity contribution in [3.8, 4) is 0 Å². The quantitative estimate of drug-likeness (QED) is 0.629. The third kappa shape index (κ3) is 3.89. The van der Waals surface area contributed by atoms with Crippen LogP contribution in [0.15, 0.2) is 49.2 Å². The summed E-state index contributed by atoms with van der Waals surface area (Å²) in [6, 6.07) is 7.49. The fourth-order valence-electron chi connectivity index (χ4n) is 2.26. The van der Waals surface area contributed by atoms with Gasteiger partial charge in [-0.3, -0.25) is 0 Å². The first-order chi connectivity index (χ1) is 12.2. The van der Waals surface area contributed by atoms with Crippen LogP contribution in [-0.2, 0) is 31.3 Å². The lowest BCUT2D eigenvalue weighted by atomic mass is 10.3. The number of primary sulfonamides is 1. The smallest absolute Gasteiger partial charge is 0.294 e. The largest absolute Gasteiger partial charge is 0.383 e. The zero-order valence-electron chi connectivity index (χ0n) is 13.5. The molecule has 0 aliphatic heterocycles. The number of hydrogen-bond donors (Lipinski definition) is 1. The first-order valence-electron chi connectivity index (χ1n) is 7.22. The van der Waals surface area contributed by atoms with Crippen molar-refractivity contribution in [2.45, 2.75) is 15.6 Å². The topological polar surface area (TPSA) is 121 Å². The van der Waals surface area contributed by atoms with Crippen LogP contribution in [0.2, 0.25) is 0 Å². The first-order valence-corrected chi connectivity index (χ1v) is 11.9. The number of ether oxygens (including phenoxy) is 1. The molecule has 3 aromatic rings. The first kappa shape index (κ1) is 19.2. The second-order valence-corrected chi connectivity index (χ2v) is 10.6. The van der Waals surface area contributed by atoms with Crippen molar-refractivity contribution in [3.63, 3.8) is 0 Å². The second-order valence-electron chi connectivity index (χ2n) is 5.20. The van der Waals surface area contributed by atoms with E-state index in [1.165, 1.54) is 25.3 Å². The summed E-state index contributed by atoms with van der Waals surface area (Å²) in [5.74, 6) is 0. The van der Waals surface area contributed by atoms with Gasteiger partial charge in [0.1, 0.15) is 4.21 Å².